The van der Waals surface area contributed by atoms with Crippen LogP contribution in [0.25, 0.3) is 0 Å². The third-order valence-electron chi connectivity index (χ3n) is 3.77. The molecule has 2 heterocycles. The second-order valence-electron chi connectivity index (χ2n) is 7.09. The van der Waals surface area contributed by atoms with Crippen LogP contribution in [0.1, 0.15) is 45.7 Å². The predicted octanol–water partition coefficient (Wildman–Crippen LogP) is 3.68. The maximum absolute atomic E-state index is 12.2. The van der Waals surface area contributed by atoms with E-state index >= 15 is 0 Å². The number of carbonyl (C=O) groups is 1. The number of amides is 1. The SMILES string of the molecule is CC(C)(C)OC(=O)N1CCC[C@H](CCOCc2ccnc(Cl)n2)C1. The van der Waals surface area contributed by atoms with E-state index in [9.17, 15) is 4.79 Å². The highest BCUT2D eigenvalue weighted by atomic mass is 35.5. The van der Waals surface area contributed by atoms with Crippen LogP contribution in [0.5, 0.6) is 0 Å². The number of piperidine rings is 1. The lowest BCUT2D eigenvalue weighted by Gasteiger charge is -2.34. The number of aromatic nitrogens is 2. The zero-order valence-electron chi connectivity index (χ0n) is 14.6. The lowest BCUT2D eigenvalue weighted by atomic mass is 9.95. The molecule has 1 aliphatic rings. The molecule has 1 atom stereocenters. The first kappa shape index (κ1) is 18.9. The predicted molar refractivity (Wildman–Crippen MR) is 91.8 cm³/mol. The van der Waals surface area contributed by atoms with Gasteiger partial charge in [0.05, 0.1) is 12.3 Å². The Bertz CT molecular complexity index is 548. The van der Waals surface area contributed by atoms with Gasteiger partial charge in [0.25, 0.3) is 0 Å². The van der Waals surface area contributed by atoms with E-state index in [1.165, 1.54) is 0 Å². The quantitative estimate of drug-likeness (QED) is 0.595. The summed E-state index contributed by atoms with van der Waals surface area (Å²) >= 11 is 5.74. The lowest BCUT2D eigenvalue weighted by Crippen LogP contribution is -2.43. The lowest BCUT2D eigenvalue weighted by molar-refractivity contribution is 0.0135. The Morgan fingerprint density at radius 3 is 2.96 bits per heavy atom. The first-order valence-corrected chi connectivity index (χ1v) is 8.74. The van der Waals surface area contributed by atoms with Gasteiger partial charge in [0.15, 0.2) is 0 Å². The average Bonchev–Trinajstić information content (AvgIpc) is 2.50. The molecule has 1 amide bonds. The van der Waals surface area contributed by atoms with E-state index in [0.29, 0.717) is 19.1 Å². The smallest absolute Gasteiger partial charge is 0.410 e. The molecular formula is C17H26ClN3O3. The van der Waals surface area contributed by atoms with Crippen LogP contribution in [-0.4, -0.2) is 46.3 Å². The summed E-state index contributed by atoms with van der Waals surface area (Å²) in [6.07, 6.45) is 4.43. The van der Waals surface area contributed by atoms with Gasteiger partial charge in [0.2, 0.25) is 5.28 Å². The number of nitrogens with zero attached hydrogens (tertiary/aromatic N) is 3. The number of hydrogen-bond acceptors (Lipinski definition) is 5. The van der Waals surface area contributed by atoms with E-state index in [4.69, 9.17) is 21.1 Å². The molecule has 1 aromatic rings. The van der Waals surface area contributed by atoms with E-state index in [-0.39, 0.29) is 11.4 Å². The van der Waals surface area contributed by atoms with Gasteiger partial charge < -0.3 is 14.4 Å². The fraction of sp³-hybridized carbons (Fsp3) is 0.706. The maximum atomic E-state index is 12.2. The Kier molecular flexibility index (Phi) is 6.80. The first-order valence-electron chi connectivity index (χ1n) is 8.36. The van der Waals surface area contributed by atoms with Crippen LogP contribution < -0.4 is 0 Å². The van der Waals surface area contributed by atoms with Crippen molar-refractivity contribution in [3.8, 4) is 0 Å². The summed E-state index contributed by atoms with van der Waals surface area (Å²) < 4.78 is 11.1. The maximum Gasteiger partial charge on any atom is 0.410 e. The van der Waals surface area contributed by atoms with Gasteiger partial charge in [-0.1, -0.05) is 0 Å². The Labute approximate surface area is 148 Å². The summed E-state index contributed by atoms with van der Waals surface area (Å²) in [5, 5.41) is 0.233. The molecule has 24 heavy (non-hydrogen) atoms. The van der Waals surface area contributed by atoms with Crippen molar-refractivity contribution in [1.82, 2.24) is 14.9 Å². The van der Waals surface area contributed by atoms with E-state index in [1.807, 2.05) is 25.7 Å². The van der Waals surface area contributed by atoms with E-state index < -0.39 is 5.60 Å². The standard InChI is InChI=1S/C17H26ClN3O3/c1-17(2,3)24-16(22)21-9-4-5-13(11-21)7-10-23-12-14-6-8-19-15(18)20-14/h6,8,13H,4-5,7,9-12H2,1-3H3/t13-/m1/s1. The largest absolute Gasteiger partial charge is 0.444 e. The van der Waals surface area contributed by atoms with Crippen molar-refractivity contribution >= 4 is 17.7 Å². The average molecular weight is 356 g/mol. The summed E-state index contributed by atoms with van der Waals surface area (Å²) in [6, 6.07) is 1.79. The number of likely N-dealkylation sites (tertiary alicyclic amines) is 1. The Balaban J connectivity index is 1.70. The second-order valence-corrected chi connectivity index (χ2v) is 7.43. The molecule has 1 aromatic heterocycles. The van der Waals surface area contributed by atoms with Crippen LogP contribution in [-0.2, 0) is 16.1 Å². The van der Waals surface area contributed by atoms with E-state index in [2.05, 4.69) is 9.97 Å². The number of hydrogen-bond donors (Lipinski definition) is 0. The molecule has 0 unspecified atom stereocenters. The van der Waals surface area contributed by atoms with Gasteiger partial charge in [-0.3, -0.25) is 0 Å². The molecule has 0 radical (unpaired) electrons. The van der Waals surface area contributed by atoms with E-state index in [1.54, 1.807) is 12.3 Å². The molecule has 0 saturated carbocycles. The summed E-state index contributed by atoms with van der Waals surface area (Å²) in [6.45, 7) is 8.22. The number of rotatable bonds is 5. The van der Waals surface area contributed by atoms with Crippen LogP contribution in [0, 0.1) is 5.92 Å². The molecule has 1 fully saturated rings. The van der Waals surface area contributed by atoms with Crippen molar-refractivity contribution in [2.75, 3.05) is 19.7 Å². The molecule has 0 aliphatic carbocycles. The van der Waals surface area contributed by atoms with E-state index in [0.717, 1.165) is 38.0 Å². The van der Waals surface area contributed by atoms with Crippen molar-refractivity contribution in [2.45, 2.75) is 52.2 Å². The van der Waals surface area contributed by atoms with Crippen molar-refractivity contribution < 1.29 is 14.3 Å². The zero-order valence-corrected chi connectivity index (χ0v) is 15.4. The van der Waals surface area contributed by atoms with Gasteiger partial charge in [-0.25, -0.2) is 14.8 Å². The molecule has 0 aromatic carbocycles. The van der Waals surface area contributed by atoms with Crippen molar-refractivity contribution in [1.29, 1.82) is 0 Å². The molecule has 0 bridgehead atoms. The van der Waals surface area contributed by atoms with Crippen LogP contribution in [0.15, 0.2) is 12.3 Å². The number of ether oxygens (including phenoxy) is 2. The van der Waals surface area contributed by atoms with Gasteiger partial charge in [-0.2, -0.15) is 0 Å². The monoisotopic (exact) mass is 355 g/mol. The summed E-state index contributed by atoms with van der Waals surface area (Å²) in [7, 11) is 0. The molecule has 1 saturated heterocycles. The molecule has 1 aliphatic heterocycles. The topological polar surface area (TPSA) is 64.5 Å². The highest BCUT2D eigenvalue weighted by Gasteiger charge is 2.27. The Morgan fingerprint density at radius 2 is 2.25 bits per heavy atom. The molecule has 0 spiro atoms. The first-order chi connectivity index (χ1) is 11.3. The van der Waals surface area contributed by atoms with Gasteiger partial charge >= 0.3 is 6.09 Å². The summed E-state index contributed by atoms with van der Waals surface area (Å²) in [4.78, 5) is 21.9. The van der Waals surface area contributed by atoms with Gasteiger partial charge in [-0.15, -0.1) is 0 Å². The minimum Gasteiger partial charge on any atom is -0.444 e. The molecule has 7 heteroatoms. The van der Waals surface area contributed by atoms with Gasteiger partial charge in [-0.05, 0) is 63.6 Å². The van der Waals surface area contributed by atoms with Gasteiger partial charge in [0, 0.05) is 25.9 Å². The number of carbonyl (C=O) groups excluding carboxylic acids is 1. The highest BCUT2D eigenvalue weighted by molar-refractivity contribution is 6.28. The molecular weight excluding hydrogens is 330 g/mol. The third-order valence-corrected chi connectivity index (χ3v) is 3.96. The second kappa shape index (κ2) is 8.62. The van der Waals surface area contributed by atoms with Crippen LogP contribution in [0.2, 0.25) is 5.28 Å². The Hall–Kier alpha value is -1.40. The minimum absolute atomic E-state index is 0.219. The summed E-state index contributed by atoms with van der Waals surface area (Å²) in [5.74, 6) is 0.445. The normalized spacial score (nSPS) is 18.5. The van der Waals surface area contributed by atoms with Crippen molar-refractivity contribution in [3.63, 3.8) is 0 Å². The van der Waals surface area contributed by atoms with Crippen molar-refractivity contribution in [3.05, 3.63) is 23.2 Å². The number of halogens is 1. The summed E-state index contributed by atoms with van der Waals surface area (Å²) in [5.41, 5.74) is 0.320. The third kappa shape index (κ3) is 6.61. The van der Waals surface area contributed by atoms with Crippen LogP contribution in [0.4, 0.5) is 4.79 Å². The van der Waals surface area contributed by atoms with Crippen molar-refractivity contribution in [2.24, 2.45) is 5.92 Å². The fourth-order valence-corrected chi connectivity index (χ4v) is 2.83. The van der Waals surface area contributed by atoms with Gasteiger partial charge in [0.1, 0.15) is 5.60 Å². The van der Waals surface area contributed by atoms with Crippen LogP contribution in [0.3, 0.4) is 0 Å². The zero-order chi connectivity index (χ0) is 17.6. The fourth-order valence-electron chi connectivity index (χ4n) is 2.67. The van der Waals surface area contributed by atoms with Crippen LogP contribution >= 0.6 is 11.6 Å². The molecule has 134 valence electrons. The molecule has 0 N–H and O–H groups in total. The Morgan fingerprint density at radius 1 is 1.46 bits per heavy atom. The highest BCUT2D eigenvalue weighted by Crippen LogP contribution is 2.21. The minimum atomic E-state index is -0.452. The molecule has 6 nitrogen and oxygen atoms in total. The molecule has 2 rings (SSSR count).